The van der Waals surface area contributed by atoms with E-state index in [1.165, 1.54) is 6.07 Å². The highest BCUT2D eigenvalue weighted by molar-refractivity contribution is 5.92. The third-order valence-corrected chi connectivity index (χ3v) is 6.42. The van der Waals surface area contributed by atoms with Gasteiger partial charge in [0.1, 0.15) is 18.2 Å². The lowest BCUT2D eigenvalue weighted by atomic mass is 10.1. The minimum absolute atomic E-state index is 0.0689. The lowest BCUT2D eigenvalue weighted by Gasteiger charge is -2.24. The van der Waals surface area contributed by atoms with E-state index in [0.717, 1.165) is 22.9 Å². The Morgan fingerprint density at radius 1 is 1.09 bits per heavy atom. The van der Waals surface area contributed by atoms with Gasteiger partial charge in [0, 0.05) is 54.6 Å². The number of pyridine rings is 3. The second-order valence-corrected chi connectivity index (χ2v) is 9.08. The van der Waals surface area contributed by atoms with Crippen LogP contribution in [0.1, 0.15) is 38.2 Å². The standard InChI is InChI=1S/C25H28N8O2/c1-15(2)31-9-7-18-12-22(30-33(18)14-24(31)35)29-21-11-17-10-20(28-25(26)19(17)13-27-21)16(3)32-8-5-4-6-23(32)34/h4-6,8,10-13,15-16H,7,9,14H2,1-3H3,(H2,26,28)(H,27,29,30)/t16-/m0/s1. The van der Waals surface area contributed by atoms with Crippen LogP contribution in [0.25, 0.3) is 10.8 Å². The van der Waals surface area contributed by atoms with Crippen molar-refractivity contribution in [3.63, 3.8) is 0 Å². The fraction of sp³-hybridized carbons (Fsp3) is 0.320. The molecule has 0 aromatic carbocycles. The molecule has 0 spiro atoms. The van der Waals surface area contributed by atoms with Crippen LogP contribution in [0.2, 0.25) is 0 Å². The van der Waals surface area contributed by atoms with Gasteiger partial charge in [-0.3, -0.25) is 14.3 Å². The molecule has 3 N–H and O–H groups in total. The van der Waals surface area contributed by atoms with Crippen LogP contribution >= 0.6 is 0 Å². The van der Waals surface area contributed by atoms with Crippen LogP contribution in [0.4, 0.5) is 17.5 Å². The fourth-order valence-electron chi connectivity index (χ4n) is 4.49. The first-order valence-corrected chi connectivity index (χ1v) is 11.7. The topological polar surface area (TPSA) is 124 Å². The lowest BCUT2D eigenvalue weighted by Crippen LogP contribution is -2.38. The molecule has 0 saturated heterocycles. The summed E-state index contributed by atoms with van der Waals surface area (Å²) < 4.78 is 3.38. The molecule has 0 aliphatic carbocycles. The molecule has 0 saturated carbocycles. The van der Waals surface area contributed by atoms with E-state index in [1.807, 2.05) is 49.9 Å². The highest BCUT2D eigenvalue weighted by Crippen LogP contribution is 2.27. The van der Waals surface area contributed by atoms with E-state index < -0.39 is 0 Å². The van der Waals surface area contributed by atoms with Crippen LogP contribution in [0, 0.1) is 0 Å². The molecule has 1 aliphatic heterocycles. The van der Waals surface area contributed by atoms with Gasteiger partial charge >= 0.3 is 0 Å². The first-order chi connectivity index (χ1) is 16.8. The SMILES string of the molecule is CC(C)N1CCc2cc(Nc3cc4cc([C@H](C)n5ccccc5=O)nc(N)c4cn3)nn2CC1=O. The molecule has 4 aromatic heterocycles. The number of nitrogens with zero attached hydrogens (tertiary/aromatic N) is 6. The van der Waals surface area contributed by atoms with Crippen molar-refractivity contribution in [1.29, 1.82) is 0 Å². The van der Waals surface area contributed by atoms with E-state index in [-0.39, 0.29) is 30.1 Å². The zero-order chi connectivity index (χ0) is 24.7. The predicted molar refractivity (Wildman–Crippen MR) is 135 cm³/mol. The van der Waals surface area contributed by atoms with Gasteiger partial charge in [-0.15, -0.1) is 0 Å². The van der Waals surface area contributed by atoms with Crippen LogP contribution in [0.5, 0.6) is 0 Å². The summed E-state index contributed by atoms with van der Waals surface area (Å²) in [4.78, 5) is 35.7. The molecule has 0 fully saturated rings. The van der Waals surface area contributed by atoms with Gasteiger partial charge in [0.05, 0.1) is 11.7 Å². The van der Waals surface area contributed by atoms with Crippen molar-refractivity contribution in [2.24, 2.45) is 0 Å². The number of rotatable bonds is 5. The van der Waals surface area contributed by atoms with Crippen molar-refractivity contribution < 1.29 is 4.79 Å². The number of carbonyl (C=O) groups is 1. The summed E-state index contributed by atoms with van der Waals surface area (Å²) in [6.07, 6.45) is 4.16. The Labute approximate surface area is 202 Å². The average molecular weight is 473 g/mol. The van der Waals surface area contributed by atoms with Gasteiger partial charge in [-0.2, -0.15) is 5.10 Å². The molecule has 1 aliphatic rings. The number of hydrogen-bond acceptors (Lipinski definition) is 7. The van der Waals surface area contributed by atoms with Gasteiger partial charge in [-0.25, -0.2) is 9.97 Å². The highest BCUT2D eigenvalue weighted by atomic mass is 16.2. The maximum atomic E-state index is 12.6. The van der Waals surface area contributed by atoms with Crippen molar-refractivity contribution in [2.45, 2.75) is 45.8 Å². The summed E-state index contributed by atoms with van der Waals surface area (Å²) in [5, 5.41) is 9.41. The molecule has 0 unspecified atom stereocenters. The summed E-state index contributed by atoms with van der Waals surface area (Å²) in [7, 11) is 0. The van der Waals surface area contributed by atoms with E-state index in [1.54, 1.807) is 27.7 Å². The smallest absolute Gasteiger partial charge is 0.251 e. The minimum Gasteiger partial charge on any atom is -0.383 e. The lowest BCUT2D eigenvalue weighted by molar-refractivity contribution is -0.133. The van der Waals surface area contributed by atoms with Crippen molar-refractivity contribution in [2.75, 3.05) is 17.6 Å². The molecule has 10 nitrogen and oxygen atoms in total. The normalized spacial score (nSPS) is 14.7. The van der Waals surface area contributed by atoms with Gasteiger partial charge in [0.2, 0.25) is 5.91 Å². The summed E-state index contributed by atoms with van der Waals surface area (Å²) in [6.45, 7) is 6.86. The van der Waals surface area contributed by atoms with Crippen LogP contribution in [0.15, 0.2) is 53.6 Å². The fourth-order valence-corrected chi connectivity index (χ4v) is 4.49. The van der Waals surface area contributed by atoms with Gasteiger partial charge in [-0.1, -0.05) is 6.07 Å². The van der Waals surface area contributed by atoms with Crippen LogP contribution < -0.4 is 16.6 Å². The van der Waals surface area contributed by atoms with Crippen molar-refractivity contribution >= 4 is 34.1 Å². The number of nitrogen functional groups attached to an aromatic ring is 1. The predicted octanol–water partition coefficient (Wildman–Crippen LogP) is 2.72. The average Bonchev–Trinajstić information content (AvgIpc) is 3.11. The summed E-state index contributed by atoms with van der Waals surface area (Å²) in [6, 6.07) is 10.7. The Morgan fingerprint density at radius 2 is 1.91 bits per heavy atom. The Bertz CT molecular complexity index is 1470. The Balaban J connectivity index is 1.42. The van der Waals surface area contributed by atoms with Crippen LogP contribution in [0.3, 0.4) is 0 Å². The molecular formula is C25H28N8O2. The first kappa shape index (κ1) is 22.6. The summed E-state index contributed by atoms with van der Waals surface area (Å²) in [5.74, 6) is 1.65. The minimum atomic E-state index is -0.285. The first-order valence-electron chi connectivity index (χ1n) is 11.7. The van der Waals surface area contributed by atoms with Gasteiger partial charge in [-0.05, 0) is 44.4 Å². The van der Waals surface area contributed by atoms with Crippen molar-refractivity contribution in [1.82, 2.24) is 29.2 Å². The number of aromatic nitrogens is 5. The number of amides is 1. The highest BCUT2D eigenvalue weighted by Gasteiger charge is 2.24. The molecule has 4 aromatic rings. The van der Waals surface area contributed by atoms with Gasteiger partial charge in [0.25, 0.3) is 5.56 Å². The van der Waals surface area contributed by atoms with Gasteiger partial charge < -0.3 is 20.5 Å². The van der Waals surface area contributed by atoms with E-state index >= 15 is 0 Å². The zero-order valence-electron chi connectivity index (χ0n) is 20.0. The molecule has 1 atom stereocenters. The van der Waals surface area contributed by atoms with Gasteiger partial charge in [0.15, 0.2) is 5.82 Å². The van der Waals surface area contributed by atoms with Crippen LogP contribution in [-0.4, -0.2) is 47.7 Å². The third kappa shape index (κ3) is 4.34. The Hall–Kier alpha value is -4.21. The van der Waals surface area contributed by atoms with Crippen molar-refractivity contribution in [3.8, 4) is 0 Å². The number of hydrogen-bond donors (Lipinski definition) is 2. The molecule has 180 valence electrons. The molecule has 5 rings (SSSR count). The molecule has 1 amide bonds. The third-order valence-electron chi connectivity index (χ3n) is 6.42. The zero-order valence-corrected chi connectivity index (χ0v) is 20.0. The molecular weight excluding hydrogens is 444 g/mol. The molecule has 5 heterocycles. The van der Waals surface area contributed by atoms with E-state index in [4.69, 9.17) is 5.73 Å². The quantitative estimate of drug-likeness (QED) is 0.458. The maximum Gasteiger partial charge on any atom is 0.251 e. The number of anilines is 3. The van der Waals surface area contributed by atoms with E-state index in [2.05, 4.69) is 20.4 Å². The molecule has 0 radical (unpaired) electrons. The van der Waals surface area contributed by atoms with E-state index in [0.29, 0.717) is 29.7 Å². The molecule has 10 heteroatoms. The largest absolute Gasteiger partial charge is 0.383 e. The summed E-state index contributed by atoms with van der Waals surface area (Å²) >= 11 is 0. The molecule has 35 heavy (non-hydrogen) atoms. The number of nitrogens with one attached hydrogen (secondary N) is 1. The second-order valence-electron chi connectivity index (χ2n) is 9.08. The Morgan fingerprint density at radius 3 is 2.69 bits per heavy atom. The van der Waals surface area contributed by atoms with Crippen LogP contribution in [-0.2, 0) is 17.8 Å². The van der Waals surface area contributed by atoms with E-state index in [9.17, 15) is 9.59 Å². The number of nitrogens with two attached hydrogens (primary N) is 1. The summed E-state index contributed by atoms with van der Waals surface area (Å²) in [5.41, 5.74) is 7.81. The van der Waals surface area contributed by atoms with Crippen molar-refractivity contribution in [3.05, 3.63) is 70.5 Å². The second kappa shape index (κ2) is 8.86. The Kier molecular flexibility index (Phi) is 5.72. The number of fused-ring (bicyclic) bond motifs is 2. The molecule has 0 bridgehead atoms. The maximum absolute atomic E-state index is 12.6. The monoisotopic (exact) mass is 472 g/mol. The number of carbonyl (C=O) groups excluding carboxylic acids is 1.